The molecular formula is C8H12N2O2. The van der Waals surface area contributed by atoms with Gasteiger partial charge in [-0.3, -0.25) is 0 Å². The molecule has 12 heavy (non-hydrogen) atoms. The van der Waals surface area contributed by atoms with Crippen LogP contribution in [-0.2, 0) is 9.78 Å². The van der Waals surface area contributed by atoms with Crippen molar-refractivity contribution >= 4 is 0 Å². The first-order valence-electron chi connectivity index (χ1n) is 3.52. The molecule has 4 nitrogen and oxygen atoms in total. The molecule has 0 aliphatic heterocycles. The average Bonchev–Trinajstić information content (AvgIpc) is 2.02. The van der Waals surface area contributed by atoms with Crippen molar-refractivity contribution in [3.63, 3.8) is 0 Å². The van der Waals surface area contributed by atoms with Crippen molar-refractivity contribution in [2.45, 2.75) is 38.9 Å². The Morgan fingerprint density at radius 1 is 0.833 bits per heavy atom. The number of hydrogen-bond donors (Lipinski definition) is 0. The van der Waals surface area contributed by atoms with Crippen molar-refractivity contribution in [1.29, 1.82) is 10.5 Å². The summed E-state index contributed by atoms with van der Waals surface area (Å²) in [5, 5.41) is 17.1. The Morgan fingerprint density at radius 3 is 1.25 bits per heavy atom. The van der Waals surface area contributed by atoms with Gasteiger partial charge in [-0.15, -0.1) is 0 Å². The lowest BCUT2D eigenvalue weighted by molar-refractivity contribution is -0.375. The monoisotopic (exact) mass is 168 g/mol. The van der Waals surface area contributed by atoms with Gasteiger partial charge in [0.25, 0.3) is 0 Å². The summed E-state index contributed by atoms with van der Waals surface area (Å²) in [6, 6.07) is 3.76. The summed E-state index contributed by atoms with van der Waals surface area (Å²) in [5.74, 6) is 0. The molecule has 0 N–H and O–H groups in total. The fourth-order valence-electron chi connectivity index (χ4n) is 0.246. The Morgan fingerprint density at radius 2 is 1.08 bits per heavy atom. The molecule has 0 spiro atoms. The van der Waals surface area contributed by atoms with E-state index in [1.54, 1.807) is 27.7 Å². The van der Waals surface area contributed by atoms with Gasteiger partial charge in [0.2, 0.25) is 0 Å². The summed E-state index contributed by atoms with van der Waals surface area (Å²) in [4.78, 5) is 9.50. The minimum absolute atomic E-state index is 1.02. The maximum atomic E-state index is 8.53. The maximum Gasteiger partial charge on any atom is 0.183 e. The van der Waals surface area contributed by atoms with Crippen LogP contribution in [0.2, 0.25) is 0 Å². The van der Waals surface area contributed by atoms with Crippen LogP contribution in [0.15, 0.2) is 0 Å². The number of hydrogen-bond acceptors (Lipinski definition) is 4. The number of nitriles is 2. The molecule has 0 aromatic heterocycles. The van der Waals surface area contributed by atoms with Crippen LogP contribution in [0.25, 0.3) is 0 Å². The topological polar surface area (TPSA) is 66.0 Å². The molecule has 0 unspecified atom stereocenters. The van der Waals surface area contributed by atoms with E-state index in [9.17, 15) is 0 Å². The SMILES string of the molecule is CC(C)(C#N)OOC(C)(C)C#N. The standard InChI is InChI=1S/C8H12N2O2/c1-7(2,5-9)11-12-8(3,4)6-10/h1-4H3. The van der Waals surface area contributed by atoms with E-state index in [1.807, 2.05) is 12.1 Å². The lowest BCUT2D eigenvalue weighted by Crippen LogP contribution is -2.30. The Labute approximate surface area is 72.2 Å². The zero-order chi connectivity index (χ0) is 9.83. The van der Waals surface area contributed by atoms with Gasteiger partial charge < -0.3 is 0 Å². The third kappa shape index (κ3) is 3.92. The Bertz CT molecular complexity index is 206. The molecule has 0 aromatic rings. The summed E-state index contributed by atoms with van der Waals surface area (Å²) in [5.41, 5.74) is -2.04. The zero-order valence-electron chi connectivity index (χ0n) is 7.71. The van der Waals surface area contributed by atoms with Crippen LogP contribution in [0.1, 0.15) is 27.7 Å². The van der Waals surface area contributed by atoms with Crippen LogP contribution in [0.3, 0.4) is 0 Å². The van der Waals surface area contributed by atoms with Crippen LogP contribution < -0.4 is 0 Å². The van der Waals surface area contributed by atoms with E-state index < -0.39 is 11.2 Å². The van der Waals surface area contributed by atoms with Gasteiger partial charge in [0.15, 0.2) is 11.2 Å². The molecule has 0 heterocycles. The van der Waals surface area contributed by atoms with E-state index in [2.05, 4.69) is 0 Å². The van der Waals surface area contributed by atoms with Gasteiger partial charge >= 0.3 is 0 Å². The van der Waals surface area contributed by atoms with Crippen molar-refractivity contribution in [3.8, 4) is 12.1 Å². The quantitative estimate of drug-likeness (QED) is 0.473. The molecule has 0 aliphatic carbocycles. The Kier molecular flexibility index (Phi) is 3.21. The van der Waals surface area contributed by atoms with E-state index >= 15 is 0 Å². The van der Waals surface area contributed by atoms with E-state index in [4.69, 9.17) is 20.3 Å². The first-order valence-corrected chi connectivity index (χ1v) is 3.52. The van der Waals surface area contributed by atoms with Crippen LogP contribution in [0.5, 0.6) is 0 Å². The van der Waals surface area contributed by atoms with Crippen LogP contribution in [0, 0.1) is 22.7 Å². The molecule has 66 valence electrons. The van der Waals surface area contributed by atoms with Crippen molar-refractivity contribution in [1.82, 2.24) is 0 Å². The highest BCUT2D eigenvalue weighted by atomic mass is 17.2. The highest BCUT2D eigenvalue weighted by Gasteiger charge is 2.25. The average molecular weight is 168 g/mol. The second-order valence-electron chi connectivity index (χ2n) is 3.41. The Hall–Kier alpha value is -1.10. The molecular weight excluding hydrogens is 156 g/mol. The molecule has 0 bridgehead atoms. The second-order valence-corrected chi connectivity index (χ2v) is 3.41. The van der Waals surface area contributed by atoms with Gasteiger partial charge in [-0.05, 0) is 27.7 Å². The third-order valence-electron chi connectivity index (χ3n) is 0.997. The zero-order valence-corrected chi connectivity index (χ0v) is 7.71. The highest BCUT2D eigenvalue weighted by molar-refractivity contribution is 4.95. The van der Waals surface area contributed by atoms with Crippen molar-refractivity contribution in [3.05, 3.63) is 0 Å². The lowest BCUT2D eigenvalue weighted by atomic mass is 10.2. The summed E-state index contributed by atoms with van der Waals surface area (Å²) in [6.07, 6.45) is 0. The van der Waals surface area contributed by atoms with Gasteiger partial charge in [0, 0.05) is 0 Å². The molecule has 0 aromatic carbocycles. The van der Waals surface area contributed by atoms with E-state index in [-0.39, 0.29) is 0 Å². The molecule has 0 amide bonds. The van der Waals surface area contributed by atoms with Gasteiger partial charge in [-0.25, -0.2) is 9.78 Å². The largest absolute Gasteiger partial charge is 0.214 e. The molecule has 0 saturated heterocycles. The number of rotatable bonds is 3. The third-order valence-corrected chi connectivity index (χ3v) is 0.997. The molecule has 0 fully saturated rings. The molecule has 0 aliphatic rings. The summed E-state index contributed by atoms with van der Waals surface area (Å²) in [7, 11) is 0. The first-order chi connectivity index (χ1) is 5.33. The fourth-order valence-corrected chi connectivity index (χ4v) is 0.246. The predicted octanol–water partition coefficient (Wildman–Crippen LogP) is 1.54. The van der Waals surface area contributed by atoms with Gasteiger partial charge in [-0.1, -0.05) is 0 Å². The second kappa shape index (κ2) is 3.53. The lowest BCUT2D eigenvalue weighted by Gasteiger charge is -2.20. The van der Waals surface area contributed by atoms with Crippen LogP contribution >= 0.6 is 0 Å². The molecule has 0 atom stereocenters. The van der Waals surface area contributed by atoms with Gasteiger partial charge in [-0.2, -0.15) is 10.5 Å². The molecule has 0 rings (SSSR count). The van der Waals surface area contributed by atoms with Gasteiger partial charge in [0.05, 0.1) is 0 Å². The molecule has 4 heteroatoms. The first kappa shape index (κ1) is 10.9. The van der Waals surface area contributed by atoms with E-state index in [0.29, 0.717) is 0 Å². The van der Waals surface area contributed by atoms with E-state index in [1.165, 1.54) is 0 Å². The molecule has 0 radical (unpaired) electrons. The van der Waals surface area contributed by atoms with Crippen LogP contribution in [0.4, 0.5) is 0 Å². The van der Waals surface area contributed by atoms with Crippen molar-refractivity contribution in [2.75, 3.05) is 0 Å². The fraction of sp³-hybridized carbons (Fsp3) is 0.750. The minimum atomic E-state index is -1.02. The van der Waals surface area contributed by atoms with Crippen LogP contribution in [-0.4, -0.2) is 11.2 Å². The predicted molar refractivity (Wildman–Crippen MR) is 41.6 cm³/mol. The number of nitrogens with zero attached hydrogens (tertiary/aromatic N) is 2. The van der Waals surface area contributed by atoms with Crippen molar-refractivity contribution in [2.24, 2.45) is 0 Å². The smallest absolute Gasteiger partial charge is 0.183 e. The summed E-state index contributed by atoms with van der Waals surface area (Å²) < 4.78 is 0. The Balaban J connectivity index is 4.04. The normalized spacial score (nSPS) is 11.8. The highest BCUT2D eigenvalue weighted by Crippen LogP contribution is 2.14. The van der Waals surface area contributed by atoms with E-state index in [0.717, 1.165) is 0 Å². The minimum Gasteiger partial charge on any atom is -0.214 e. The summed E-state index contributed by atoms with van der Waals surface area (Å²) in [6.45, 7) is 6.22. The molecule has 0 saturated carbocycles. The van der Waals surface area contributed by atoms with Crippen molar-refractivity contribution < 1.29 is 9.78 Å². The van der Waals surface area contributed by atoms with Gasteiger partial charge in [0.1, 0.15) is 12.1 Å². The summed E-state index contributed by atoms with van der Waals surface area (Å²) >= 11 is 0. The maximum absolute atomic E-state index is 8.53.